The molecule has 0 radical (unpaired) electrons. The molecule has 11 rings (SSSR count). The van der Waals surface area contributed by atoms with Gasteiger partial charge >= 0.3 is 0 Å². The first-order valence-corrected chi connectivity index (χ1v) is 20.2. The largest absolute Gasteiger partial charge is 0.310 e. The minimum absolute atomic E-state index is 0.313. The van der Waals surface area contributed by atoms with Gasteiger partial charge in [-0.05, 0) is 110 Å². The molecule has 1 heteroatoms. The van der Waals surface area contributed by atoms with Gasteiger partial charge in [0.25, 0.3) is 0 Å². The van der Waals surface area contributed by atoms with Crippen LogP contribution < -0.4 is 4.90 Å². The number of nitrogens with zero attached hydrogens (tertiary/aromatic N) is 1. The van der Waals surface area contributed by atoms with Crippen molar-refractivity contribution in [2.24, 2.45) is 0 Å². The molecule has 9 aromatic rings. The van der Waals surface area contributed by atoms with Crippen molar-refractivity contribution in [3.05, 3.63) is 257 Å². The van der Waals surface area contributed by atoms with Crippen LogP contribution in [0.15, 0.2) is 218 Å². The number of benzene rings is 9. The molecule has 0 saturated carbocycles. The Hall–Kier alpha value is -6.96. The van der Waals surface area contributed by atoms with E-state index >= 15 is 0 Å². The molecule has 2 aliphatic carbocycles. The smallest absolute Gasteiger partial charge is 0.0726 e. The van der Waals surface area contributed by atoms with Gasteiger partial charge in [0.1, 0.15) is 0 Å². The second kappa shape index (κ2) is 13.7. The van der Waals surface area contributed by atoms with Crippen LogP contribution in [0.4, 0.5) is 17.1 Å². The lowest BCUT2D eigenvalue weighted by molar-refractivity contribution is 0.712. The molecule has 0 atom stereocenters. The molecule has 1 spiro atoms. The first-order chi connectivity index (χ1) is 28.3. The number of aryl methyl sites for hydroxylation is 1. The molecule has 0 N–H and O–H groups in total. The molecular weight excluding hydrogens is 687 g/mol. The number of para-hydroxylation sites is 2. The fourth-order valence-electron chi connectivity index (χ4n) is 10.2. The van der Waals surface area contributed by atoms with E-state index in [2.05, 4.69) is 223 Å². The van der Waals surface area contributed by atoms with Gasteiger partial charge in [0.15, 0.2) is 0 Å². The van der Waals surface area contributed by atoms with Crippen molar-refractivity contribution in [3.63, 3.8) is 0 Å². The van der Waals surface area contributed by atoms with E-state index in [0.29, 0.717) is 5.92 Å². The maximum atomic E-state index is 2.57. The Morgan fingerprint density at radius 1 is 0.386 bits per heavy atom. The van der Waals surface area contributed by atoms with Crippen molar-refractivity contribution in [2.75, 3.05) is 4.90 Å². The lowest BCUT2D eigenvalue weighted by atomic mass is 9.70. The van der Waals surface area contributed by atoms with Crippen molar-refractivity contribution in [3.8, 4) is 22.3 Å². The SMILES string of the molecule is c1ccc(C(CCc2ccc3c(c2)C2(c4ccccc4-c4ccccc42)c2cc(N(c4ccccc4)c4ccccc4)c4ccccc4c2-3)c2ccccc2)cc1. The van der Waals surface area contributed by atoms with Crippen LogP contribution in [-0.2, 0) is 11.8 Å². The van der Waals surface area contributed by atoms with E-state index < -0.39 is 5.41 Å². The molecule has 0 aromatic heterocycles. The van der Waals surface area contributed by atoms with E-state index in [4.69, 9.17) is 0 Å². The summed E-state index contributed by atoms with van der Waals surface area (Å²) < 4.78 is 0. The van der Waals surface area contributed by atoms with Gasteiger partial charge < -0.3 is 4.90 Å². The van der Waals surface area contributed by atoms with Crippen molar-refractivity contribution < 1.29 is 0 Å². The second-order valence-corrected chi connectivity index (χ2v) is 15.5. The quantitative estimate of drug-likeness (QED) is 0.151. The zero-order valence-corrected chi connectivity index (χ0v) is 31.7. The fourth-order valence-corrected chi connectivity index (χ4v) is 10.2. The molecule has 0 heterocycles. The third-order valence-electron chi connectivity index (χ3n) is 12.5. The summed E-state index contributed by atoms with van der Waals surface area (Å²) in [5.74, 6) is 0.313. The van der Waals surface area contributed by atoms with E-state index in [0.717, 1.165) is 24.2 Å². The van der Waals surface area contributed by atoms with Crippen LogP contribution in [0.2, 0.25) is 0 Å². The predicted molar refractivity (Wildman–Crippen MR) is 238 cm³/mol. The maximum Gasteiger partial charge on any atom is 0.0726 e. The number of hydrogen-bond acceptors (Lipinski definition) is 1. The molecule has 0 amide bonds. The molecule has 0 saturated heterocycles. The third-order valence-corrected chi connectivity index (χ3v) is 12.5. The van der Waals surface area contributed by atoms with Gasteiger partial charge in [0, 0.05) is 22.7 Å². The Labute approximate surface area is 335 Å². The highest BCUT2D eigenvalue weighted by molar-refractivity contribution is 6.12. The first kappa shape index (κ1) is 33.4. The summed E-state index contributed by atoms with van der Waals surface area (Å²) in [6.45, 7) is 0. The van der Waals surface area contributed by atoms with E-state index in [1.54, 1.807) is 0 Å². The van der Waals surface area contributed by atoms with Gasteiger partial charge in [-0.25, -0.2) is 0 Å². The maximum absolute atomic E-state index is 2.57. The number of rotatable bonds is 8. The summed E-state index contributed by atoms with van der Waals surface area (Å²) >= 11 is 0. The van der Waals surface area contributed by atoms with E-state index in [-0.39, 0.29) is 0 Å². The Morgan fingerprint density at radius 2 is 0.877 bits per heavy atom. The van der Waals surface area contributed by atoms with E-state index in [1.807, 2.05) is 0 Å². The molecule has 1 nitrogen and oxygen atoms in total. The molecule has 0 bridgehead atoms. The molecular formula is C56H41N. The average molecular weight is 728 g/mol. The standard InChI is InChI=1S/C56H41N/c1-5-19-40(20-6-1)44(41-21-7-2-8-22-41)35-33-39-34-36-49-52(37-39)56(50-31-17-15-27-45(50)46-28-16-18-32-51(46)56)53-38-54(47-29-13-14-30-48(47)55(49)53)57(42-23-9-3-10-24-42)43-25-11-4-12-26-43/h1-32,34,36-38,44H,33,35H2. The molecule has 270 valence electrons. The van der Waals surface area contributed by atoms with Crippen LogP contribution in [0.5, 0.6) is 0 Å². The van der Waals surface area contributed by atoms with E-state index in [1.165, 1.54) is 77.7 Å². The molecule has 9 aromatic carbocycles. The number of hydrogen-bond donors (Lipinski definition) is 0. The Kier molecular flexibility index (Phi) is 8.00. The van der Waals surface area contributed by atoms with Gasteiger partial charge in [-0.1, -0.05) is 188 Å². The van der Waals surface area contributed by atoms with Crippen molar-refractivity contribution >= 4 is 27.8 Å². The summed E-state index contributed by atoms with van der Waals surface area (Å²) in [5, 5.41) is 2.52. The zero-order chi connectivity index (χ0) is 37.8. The summed E-state index contributed by atoms with van der Waals surface area (Å²) in [4.78, 5) is 2.45. The van der Waals surface area contributed by atoms with Gasteiger partial charge in [-0.2, -0.15) is 0 Å². The Bertz CT molecular complexity index is 2770. The molecule has 2 aliphatic rings. The molecule has 57 heavy (non-hydrogen) atoms. The Balaban J connectivity index is 1.16. The Morgan fingerprint density at radius 3 is 1.46 bits per heavy atom. The minimum atomic E-state index is -0.482. The normalized spacial score (nSPS) is 13.0. The first-order valence-electron chi connectivity index (χ1n) is 20.2. The van der Waals surface area contributed by atoms with Crippen LogP contribution in [0.1, 0.15) is 51.3 Å². The molecule has 0 unspecified atom stereocenters. The zero-order valence-electron chi connectivity index (χ0n) is 31.7. The second-order valence-electron chi connectivity index (χ2n) is 15.5. The van der Waals surface area contributed by atoms with Gasteiger partial charge in [-0.15, -0.1) is 0 Å². The van der Waals surface area contributed by atoms with Gasteiger partial charge in [-0.3, -0.25) is 0 Å². The summed E-state index contributed by atoms with van der Waals surface area (Å²) in [6.07, 6.45) is 2.00. The van der Waals surface area contributed by atoms with Gasteiger partial charge in [0.05, 0.1) is 11.1 Å². The van der Waals surface area contributed by atoms with Crippen molar-refractivity contribution in [2.45, 2.75) is 24.2 Å². The van der Waals surface area contributed by atoms with Crippen molar-refractivity contribution in [1.82, 2.24) is 0 Å². The lowest BCUT2D eigenvalue weighted by Gasteiger charge is -2.33. The topological polar surface area (TPSA) is 3.24 Å². The van der Waals surface area contributed by atoms with Crippen LogP contribution in [0.25, 0.3) is 33.0 Å². The third kappa shape index (κ3) is 5.23. The fraction of sp³-hybridized carbons (Fsp3) is 0.0714. The minimum Gasteiger partial charge on any atom is -0.310 e. The molecule has 0 fully saturated rings. The monoisotopic (exact) mass is 727 g/mol. The highest BCUT2D eigenvalue weighted by Gasteiger charge is 2.52. The summed E-state index contributed by atoms with van der Waals surface area (Å²) in [7, 11) is 0. The van der Waals surface area contributed by atoms with E-state index in [9.17, 15) is 0 Å². The predicted octanol–water partition coefficient (Wildman–Crippen LogP) is 14.4. The van der Waals surface area contributed by atoms with Crippen LogP contribution in [-0.4, -0.2) is 0 Å². The molecule has 0 aliphatic heterocycles. The van der Waals surface area contributed by atoms with Crippen LogP contribution in [0, 0.1) is 0 Å². The number of anilines is 3. The summed E-state index contributed by atoms with van der Waals surface area (Å²) in [6, 6.07) is 81.1. The van der Waals surface area contributed by atoms with Crippen LogP contribution in [0.3, 0.4) is 0 Å². The van der Waals surface area contributed by atoms with Crippen molar-refractivity contribution in [1.29, 1.82) is 0 Å². The lowest BCUT2D eigenvalue weighted by Crippen LogP contribution is -2.26. The number of fused-ring (bicyclic) bond motifs is 12. The van der Waals surface area contributed by atoms with Gasteiger partial charge in [0.2, 0.25) is 0 Å². The average Bonchev–Trinajstić information content (AvgIpc) is 3.75. The highest BCUT2D eigenvalue weighted by Crippen LogP contribution is 2.65. The summed E-state index contributed by atoms with van der Waals surface area (Å²) in [5.41, 5.74) is 17.9. The van der Waals surface area contributed by atoms with Crippen LogP contribution >= 0.6 is 0 Å². The highest BCUT2D eigenvalue weighted by atomic mass is 15.1.